The summed E-state index contributed by atoms with van der Waals surface area (Å²) >= 11 is 0. The van der Waals surface area contributed by atoms with Gasteiger partial charge in [-0.3, -0.25) is 9.69 Å². The average Bonchev–Trinajstić information content (AvgIpc) is 2.76. The lowest BCUT2D eigenvalue weighted by Crippen LogP contribution is -2.57. The molecule has 10 atom stereocenters. The van der Waals surface area contributed by atoms with Crippen LogP contribution in [0.25, 0.3) is 0 Å². The molecule has 0 spiro atoms. The summed E-state index contributed by atoms with van der Waals surface area (Å²) < 4.78 is 23.0. The summed E-state index contributed by atoms with van der Waals surface area (Å²) in [7, 11) is 3.20. The number of rotatable bonds is 3. The van der Waals surface area contributed by atoms with Gasteiger partial charge in [0.25, 0.3) is 0 Å². The molecule has 0 saturated carbocycles. The Balaban J connectivity index is 2.21. The molecule has 0 bridgehead atoms. The van der Waals surface area contributed by atoms with Crippen molar-refractivity contribution in [3.8, 4) is 0 Å². The van der Waals surface area contributed by atoms with Crippen LogP contribution in [0.15, 0.2) is 0 Å². The summed E-state index contributed by atoms with van der Waals surface area (Å²) in [5, 5.41) is 42.4. The minimum atomic E-state index is -1.68. The second-order valence-corrected chi connectivity index (χ2v) is 10.7. The zero-order valence-electron chi connectivity index (χ0n) is 21.6. The molecule has 34 heavy (non-hydrogen) atoms. The number of cyclic esters (lactones) is 1. The van der Waals surface area contributed by atoms with Gasteiger partial charge in [0.05, 0.1) is 29.8 Å². The molecule has 200 valence electrons. The van der Waals surface area contributed by atoms with Crippen LogP contribution in [-0.4, -0.2) is 107 Å². The first-order valence-corrected chi connectivity index (χ1v) is 12.2. The fourth-order valence-corrected chi connectivity index (χ4v) is 4.88. The highest BCUT2D eigenvalue weighted by Crippen LogP contribution is 2.34. The smallest absolute Gasteiger partial charge is 0.311 e. The van der Waals surface area contributed by atoms with E-state index in [4.69, 9.17) is 18.9 Å². The molecule has 2 fully saturated rings. The van der Waals surface area contributed by atoms with Crippen LogP contribution in [0.3, 0.4) is 0 Å². The molecule has 0 aromatic rings. The van der Waals surface area contributed by atoms with Crippen LogP contribution in [-0.2, 0) is 23.7 Å². The van der Waals surface area contributed by atoms with Crippen LogP contribution in [0, 0.1) is 11.8 Å². The molecular formula is C24H45NO9. The Morgan fingerprint density at radius 1 is 1.12 bits per heavy atom. The van der Waals surface area contributed by atoms with Crippen molar-refractivity contribution in [1.29, 1.82) is 0 Å². The van der Waals surface area contributed by atoms with Gasteiger partial charge in [-0.25, -0.2) is 0 Å². The predicted octanol–water partition coefficient (Wildman–Crippen LogP) is 0.634. The number of likely N-dealkylation sites (N-methyl/N-ethyl adjacent to an activating group) is 1. The van der Waals surface area contributed by atoms with Gasteiger partial charge in [-0.15, -0.1) is 0 Å². The summed E-state index contributed by atoms with van der Waals surface area (Å²) in [6, 6.07) is 0. The number of methoxy groups -OCH3 is 1. The van der Waals surface area contributed by atoms with Crippen molar-refractivity contribution in [3.05, 3.63) is 0 Å². The maximum absolute atomic E-state index is 12.9. The zero-order valence-corrected chi connectivity index (χ0v) is 21.6. The molecule has 0 aromatic carbocycles. The molecular weight excluding hydrogens is 446 g/mol. The van der Waals surface area contributed by atoms with Crippen molar-refractivity contribution in [1.82, 2.24) is 4.90 Å². The molecule has 10 heteroatoms. The molecule has 2 saturated heterocycles. The fraction of sp³-hybridized carbons (Fsp3) is 0.958. The van der Waals surface area contributed by atoms with E-state index in [1.165, 1.54) is 14.0 Å². The lowest BCUT2D eigenvalue weighted by Gasteiger charge is -2.45. The molecule has 0 aromatic heterocycles. The number of ether oxygens (including phenoxy) is 4. The van der Waals surface area contributed by atoms with Gasteiger partial charge in [0.15, 0.2) is 6.29 Å². The maximum Gasteiger partial charge on any atom is 0.311 e. The monoisotopic (exact) mass is 491 g/mol. The Morgan fingerprint density at radius 3 is 2.38 bits per heavy atom. The van der Waals surface area contributed by atoms with Crippen LogP contribution >= 0.6 is 0 Å². The molecule has 2 rings (SSSR count). The van der Waals surface area contributed by atoms with Crippen LogP contribution in [0.1, 0.15) is 60.3 Å². The summed E-state index contributed by atoms with van der Waals surface area (Å²) in [6.07, 6.45) is -3.05. The highest BCUT2D eigenvalue weighted by Gasteiger charge is 2.46. The summed E-state index contributed by atoms with van der Waals surface area (Å²) in [4.78, 5) is 14.5. The number of carbonyl (C=O) groups is 1. The van der Waals surface area contributed by atoms with Gasteiger partial charge in [-0.05, 0) is 59.9 Å². The van der Waals surface area contributed by atoms with Crippen LogP contribution in [0.4, 0.5) is 0 Å². The number of carbonyl (C=O) groups excluding carboxylic acids is 1. The topological polar surface area (TPSA) is 138 Å². The fourth-order valence-electron chi connectivity index (χ4n) is 4.88. The first kappa shape index (κ1) is 29.4. The second-order valence-electron chi connectivity index (χ2n) is 10.7. The van der Waals surface area contributed by atoms with Crippen molar-refractivity contribution in [2.24, 2.45) is 11.8 Å². The summed E-state index contributed by atoms with van der Waals surface area (Å²) in [5.41, 5.74) is -2.55. The van der Waals surface area contributed by atoms with Crippen molar-refractivity contribution in [2.75, 3.05) is 27.3 Å². The van der Waals surface area contributed by atoms with E-state index in [0.29, 0.717) is 25.8 Å². The van der Waals surface area contributed by atoms with Gasteiger partial charge in [0.2, 0.25) is 0 Å². The highest BCUT2D eigenvalue weighted by atomic mass is 16.7. The van der Waals surface area contributed by atoms with Gasteiger partial charge in [0, 0.05) is 20.1 Å². The standard InChI is InChI=1S/C24H45NO9/c1-14-10-17(26)8-9-18(34-19-11-24(5,31-7)20(27)16(3)33-19)15(2)21(28)32-13-23(4,30)22(29)25(6)12-14/h14-20,22,26-27,29-30H,8-13H2,1-7H3/t14-,15?,16?,17?,18+,19+,20+,22?,23-,24-/m1/s1. The maximum atomic E-state index is 12.9. The van der Waals surface area contributed by atoms with Gasteiger partial charge in [-0.2, -0.15) is 0 Å². The first-order valence-electron chi connectivity index (χ1n) is 12.2. The van der Waals surface area contributed by atoms with E-state index in [1.807, 2.05) is 6.92 Å². The second kappa shape index (κ2) is 11.9. The minimum absolute atomic E-state index is 0.0548. The molecule has 0 aliphatic carbocycles. The molecule has 4 N–H and O–H groups in total. The van der Waals surface area contributed by atoms with E-state index in [9.17, 15) is 25.2 Å². The largest absolute Gasteiger partial charge is 0.462 e. The minimum Gasteiger partial charge on any atom is -0.462 e. The summed E-state index contributed by atoms with van der Waals surface area (Å²) in [6.45, 7) is 8.64. The predicted molar refractivity (Wildman–Crippen MR) is 124 cm³/mol. The molecule has 10 nitrogen and oxygen atoms in total. The number of hydrogen-bond donors (Lipinski definition) is 4. The number of aliphatic hydroxyl groups is 4. The van der Waals surface area contributed by atoms with Crippen LogP contribution in [0.2, 0.25) is 0 Å². The molecule has 2 aliphatic rings. The van der Waals surface area contributed by atoms with Gasteiger partial charge >= 0.3 is 5.97 Å². The van der Waals surface area contributed by atoms with Crippen molar-refractivity contribution in [3.63, 3.8) is 0 Å². The van der Waals surface area contributed by atoms with E-state index in [0.717, 1.165) is 0 Å². The van der Waals surface area contributed by atoms with E-state index >= 15 is 0 Å². The van der Waals surface area contributed by atoms with Gasteiger partial charge < -0.3 is 39.4 Å². The Morgan fingerprint density at radius 2 is 1.76 bits per heavy atom. The quantitative estimate of drug-likeness (QED) is 0.416. The van der Waals surface area contributed by atoms with Gasteiger partial charge in [-0.1, -0.05) is 6.92 Å². The number of esters is 1. The van der Waals surface area contributed by atoms with Crippen LogP contribution < -0.4 is 0 Å². The summed E-state index contributed by atoms with van der Waals surface area (Å²) in [5.74, 6) is -1.25. The average molecular weight is 492 g/mol. The van der Waals surface area contributed by atoms with E-state index in [2.05, 4.69) is 0 Å². The normalized spacial score (nSPS) is 46.5. The number of hydrogen-bond acceptors (Lipinski definition) is 10. The Labute approximate surface area is 203 Å². The molecule has 0 radical (unpaired) electrons. The number of nitrogens with zero attached hydrogens (tertiary/aromatic N) is 1. The molecule has 2 aliphatic heterocycles. The Bertz CT molecular complexity index is 662. The van der Waals surface area contributed by atoms with Gasteiger partial charge in [0.1, 0.15) is 24.5 Å². The van der Waals surface area contributed by atoms with Crippen molar-refractivity contribution in [2.45, 2.75) is 108 Å². The number of aliphatic hydroxyl groups excluding tert-OH is 3. The molecule has 0 amide bonds. The third-order valence-electron chi connectivity index (χ3n) is 7.27. The first-order chi connectivity index (χ1) is 15.7. The third kappa shape index (κ3) is 7.33. The van der Waals surface area contributed by atoms with Crippen LogP contribution in [0.5, 0.6) is 0 Å². The third-order valence-corrected chi connectivity index (χ3v) is 7.27. The van der Waals surface area contributed by atoms with Crippen molar-refractivity contribution >= 4 is 5.97 Å². The van der Waals surface area contributed by atoms with Crippen molar-refractivity contribution < 1.29 is 44.2 Å². The Hall–Kier alpha value is -0.850. The SMILES string of the molecule is CO[C@]1(C)C[C@H](O[C@H]2CCC(O)C[C@@H](C)CN(C)C(O)[C@](C)(O)COC(=O)C2C)OC(C)[C@@H]1O. The lowest BCUT2D eigenvalue weighted by molar-refractivity contribution is -0.292. The van der Waals surface area contributed by atoms with E-state index in [1.54, 1.807) is 32.7 Å². The Kier molecular flexibility index (Phi) is 10.3. The zero-order chi connectivity index (χ0) is 25.8. The van der Waals surface area contributed by atoms with E-state index in [-0.39, 0.29) is 18.9 Å². The molecule has 4 unspecified atom stereocenters. The lowest BCUT2D eigenvalue weighted by atomic mass is 9.88. The highest BCUT2D eigenvalue weighted by molar-refractivity contribution is 5.72. The molecule has 2 heterocycles. The van der Waals surface area contributed by atoms with E-state index < -0.39 is 60.0 Å².